The lowest BCUT2D eigenvalue weighted by molar-refractivity contribution is -0.0136. The third kappa shape index (κ3) is 3.35. The molecule has 3 rings (SSSR count). The second-order valence-corrected chi connectivity index (χ2v) is 7.71. The molecule has 3 atom stereocenters. The maximum atomic E-state index is 3.72. The van der Waals surface area contributed by atoms with E-state index in [1.807, 2.05) is 11.3 Å². The lowest BCUT2D eigenvalue weighted by Gasteiger charge is -2.52. The Kier molecular flexibility index (Phi) is 5.36. The van der Waals surface area contributed by atoms with E-state index in [2.05, 4.69) is 41.6 Å². The molecule has 2 aliphatic heterocycles. The number of rotatable bonds is 6. The van der Waals surface area contributed by atoms with Crippen molar-refractivity contribution >= 4 is 11.3 Å². The molecule has 2 nitrogen and oxygen atoms in total. The lowest BCUT2D eigenvalue weighted by atomic mass is 9.80. The van der Waals surface area contributed by atoms with Crippen molar-refractivity contribution in [3.8, 4) is 0 Å². The molecule has 3 unspecified atom stereocenters. The highest BCUT2D eigenvalue weighted by molar-refractivity contribution is 7.10. The van der Waals surface area contributed by atoms with Crippen LogP contribution in [0.25, 0.3) is 0 Å². The number of hydrogen-bond acceptors (Lipinski definition) is 3. The van der Waals surface area contributed by atoms with E-state index in [-0.39, 0.29) is 0 Å². The molecule has 0 spiro atoms. The van der Waals surface area contributed by atoms with E-state index in [1.54, 1.807) is 4.88 Å². The Hall–Kier alpha value is -0.380. The van der Waals surface area contributed by atoms with Gasteiger partial charge in [-0.1, -0.05) is 32.8 Å². The van der Waals surface area contributed by atoms with Crippen LogP contribution in [0.15, 0.2) is 17.5 Å². The lowest BCUT2D eigenvalue weighted by Crippen LogP contribution is -2.57. The highest BCUT2D eigenvalue weighted by Crippen LogP contribution is 2.42. The standard InChI is InChI=1S/C18H30N2S/c1-3-7-17(18-10-6-11-21-18)20-15-8-5-9-16(20)13-14(12-15)19-4-2/h6,10-11,14-17,19H,3-5,7-9,12-13H2,1-2H3. The number of piperidine rings is 2. The van der Waals surface area contributed by atoms with E-state index >= 15 is 0 Å². The molecule has 0 amide bonds. The molecule has 2 saturated heterocycles. The van der Waals surface area contributed by atoms with E-state index in [9.17, 15) is 0 Å². The van der Waals surface area contributed by atoms with Gasteiger partial charge < -0.3 is 5.32 Å². The Labute approximate surface area is 133 Å². The first kappa shape index (κ1) is 15.5. The van der Waals surface area contributed by atoms with Gasteiger partial charge in [0.2, 0.25) is 0 Å². The van der Waals surface area contributed by atoms with Crippen molar-refractivity contribution in [2.75, 3.05) is 6.54 Å². The summed E-state index contributed by atoms with van der Waals surface area (Å²) in [5, 5.41) is 5.96. The fourth-order valence-corrected chi connectivity index (χ4v) is 5.44. The normalized spacial score (nSPS) is 31.2. The minimum Gasteiger partial charge on any atom is -0.314 e. The highest BCUT2D eigenvalue weighted by atomic mass is 32.1. The van der Waals surface area contributed by atoms with Crippen LogP contribution in [-0.2, 0) is 0 Å². The summed E-state index contributed by atoms with van der Waals surface area (Å²) >= 11 is 1.96. The van der Waals surface area contributed by atoms with E-state index in [0.29, 0.717) is 6.04 Å². The first-order chi connectivity index (χ1) is 10.3. The second kappa shape index (κ2) is 7.26. The van der Waals surface area contributed by atoms with Gasteiger partial charge >= 0.3 is 0 Å². The maximum Gasteiger partial charge on any atom is 0.0447 e. The average molecular weight is 307 g/mol. The molecule has 0 aliphatic carbocycles. The molecule has 0 radical (unpaired) electrons. The molecule has 1 aromatic heterocycles. The van der Waals surface area contributed by atoms with Gasteiger partial charge in [0, 0.05) is 29.0 Å². The van der Waals surface area contributed by atoms with Gasteiger partial charge in [-0.3, -0.25) is 4.90 Å². The summed E-state index contributed by atoms with van der Waals surface area (Å²) in [5.74, 6) is 0. The number of nitrogens with zero attached hydrogens (tertiary/aromatic N) is 1. The van der Waals surface area contributed by atoms with Gasteiger partial charge in [0.15, 0.2) is 0 Å². The second-order valence-electron chi connectivity index (χ2n) is 6.73. The fraction of sp³-hybridized carbons (Fsp3) is 0.778. The smallest absolute Gasteiger partial charge is 0.0447 e. The molecule has 0 saturated carbocycles. The van der Waals surface area contributed by atoms with Crippen LogP contribution in [0, 0.1) is 0 Å². The van der Waals surface area contributed by atoms with Crippen molar-refractivity contribution in [1.82, 2.24) is 10.2 Å². The third-order valence-electron chi connectivity index (χ3n) is 5.32. The molecule has 1 N–H and O–H groups in total. The maximum absolute atomic E-state index is 3.72. The van der Waals surface area contributed by atoms with Crippen LogP contribution < -0.4 is 5.32 Å². The molecular formula is C18H30N2S. The van der Waals surface area contributed by atoms with Crippen molar-refractivity contribution in [1.29, 1.82) is 0 Å². The molecule has 21 heavy (non-hydrogen) atoms. The molecule has 1 aromatic rings. The van der Waals surface area contributed by atoms with Gasteiger partial charge in [0.05, 0.1) is 0 Å². The molecule has 2 fully saturated rings. The predicted octanol–water partition coefficient (Wildman–Crippen LogP) is 4.58. The summed E-state index contributed by atoms with van der Waals surface area (Å²) in [5.41, 5.74) is 0. The van der Waals surface area contributed by atoms with Crippen LogP contribution in [0.2, 0.25) is 0 Å². The third-order valence-corrected chi connectivity index (χ3v) is 6.29. The minimum atomic E-state index is 0.674. The SMILES string of the molecule is CCCC(c1cccs1)N1C2CCCC1CC(NCC)C2. The van der Waals surface area contributed by atoms with E-state index in [4.69, 9.17) is 0 Å². The van der Waals surface area contributed by atoms with Gasteiger partial charge in [-0.25, -0.2) is 0 Å². The van der Waals surface area contributed by atoms with E-state index < -0.39 is 0 Å². The molecule has 3 heteroatoms. The van der Waals surface area contributed by atoms with Crippen molar-refractivity contribution in [2.24, 2.45) is 0 Å². The summed E-state index contributed by atoms with van der Waals surface area (Å²) in [6, 6.07) is 7.63. The van der Waals surface area contributed by atoms with Crippen molar-refractivity contribution < 1.29 is 0 Å². The Morgan fingerprint density at radius 3 is 2.62 bits per heavy atom. The first-order valence-corrected chi connectivity index (χ1v) is 9.75. The van der Waals surface area contributed by atoms with E-state index in [1.165, 1.54) is 44.9 Å². The van der Waals surface area contributed by atoms with Gasteiger partial charge in [0.25, 0.3) is 0 Å². The molecule has 0 aromatic carbocycles. The van der Waals surface area contributed by atoms with Gasteiger partial charge in [0.1, 0.15) is 0 Å². The summed E-state index contributed by atoms with van der Waals surface area (Å²) in [6.45, 7) is 5.70. The van der Waals surface area contributed by atoms with Crippen molar-refractivity contribution in [2.45, 2.75) is 83.0 Å². The van der Waals surface area contributed by atoms with E-state index in [0.717, 1.165) is 24.7 Å². The zero-order chi connectivity index (χ0) is 14.7. The van der Waals surface area contributed by atoms with Crippen LogP contribution in [0.1, 0.15) is 69.7 Å². The number of hydrogen-bond donors (Lipinski definition) is 1. The van der Waals surface area contributed by atoms with Crippen molar-refractivity contribution in [3.05, 3.63) is 22.4 Å². The van der Waals surface area contributed by atoms with Gasteiger partial charge in [-0.2, -0.15) is 0 Å². The monoisotopic (exact) mass is 306 g/mol. The summed E-state index contributed by atoms with van der Waals surface area (Å²) < 4.78 is 0. The average Bonchev–Trinajstić information content (AvgIpc) is 2.98. The predicted molar refractivity (Wildman–Crippen MR) is 91.9 cm³/mol. The summed E-state index contributed by atoms with van der Waals surface area (Å²) in [6.07, 6.45) is 9.57. The summed E-state index contributed by atoms with van der Waals surface area (Å²) in [7, 11) is 0. The van der Waals surface area contributed by atoms with Crippen LogP contribution >= 0.6 is 11.3 Å². The van der Waals surface area contributed by atoms with Crippen molar-refractivity contribution in [3.63, 3.8) is 0 Å². The van der Waals surface area contributed by atoms with Crippen LogP contribution in [-0.4, -0.2) is 29.6 Å². The van der Waals surface area contributed by atoms with Gasteiger partial charge in [-0.15, -0.1) is 11.3 Å². The molecule has 2 bridgehead atoms. The highest BCUT2D eigenvalue weighted by Gasteiger charge is 2.41. The first-order valence-electron chi connectivity index (χ1n) is 8.87. The number of nitrogens with one attached hydrogen (secondary N) is 1. The number of thiophene rings is 1. The quantitative estimate of drug-likeness (QED) is 0.827. The number of fused-ring (bicyclic) bond motifs is 2. The summed E-state index contributed by atoms with van der Waals surface area (Å²) in [4.78, 5) is 4.52. The van der Waals surface area contributed by atoms with Crippen LogP contribution in [0.5, 0.6) is 0 Å². The molecular weight excluding hydrogens is 276 g/mol. The Bertz CT molecular complexity index is 403. The molecule has 118 valence electrons. The topological polar surface area (TPSA) is 15.3 Å². The largest absolute Gasteiger partial charge is 0.314 e. The Morgan fingerprint density at radius 1 is 1.29 bits per heavy atom. The zero-order valence-electron chi connectivity index (χ0n) is 13.6. The Morgan fingerprint density at radius 2 is 2.05 bits per heavy atom. The minimum absolute atomic E-state index is 0.674. The van der Waals surface area contributed by atoms with Crippen LogP contribution in [0.3, 0.4) is 0 Å². The fourth-order valence-electron chi connectivity index (χ4n) is 4.57. The molecule has 2 aliphatic rings. The Balaban J connectivity index is 1.79. The molecule has 3 heterocycles. The van der Waals surface area contributed by atoms with Crippen LogP contribution in [0.4, 0.5) is 0 Å². The van der Waals surface area contributed by atoms with Gasteiger partial charge in [-0.05, 0) is 50.1 Å². The zero-order valence-corrected chi connectivity index (χ0v) is 14.4.